The van der Waals surface area contributed by atoms with E-state index in [1.165, 1.54) is 24.3 Å². The average molecular weight is 379 g/mol. The Labute approximate surface area is 144 Å². The van der Waals surface area contributed by atoms with E-state index in [1.807, 2.05) is 6.92 Å². The van der Waals surface area contributed by atoms with Crippen LogP contribution in [-0.2, 0) is 10.0 Å². The molecule has 0 spiro atoms. The van der Waals surface area contributed by atoms with Crippen molar-refractivity contribution in [2.24, 2.45) is 5.92 Å². The first-order chi connectivity index (χ1) is 11.6. The summed E-state index contributed by atoms with van der Waals surface area (Å²) >= 11 is 0. The molecule has 25 heavy (non-hydrogen) atoms. The standard InChI is InChI=1S/C15H20F3N3O3S/c1-10-6-7-19-8-13(10)21-25(23,24)12-4-2-11(3-5-12)14(22)20-9-15(16,17)18/h2-5,10,13,19,21H,6-9H2,1H3,(H,20,22). The van der Waals surface area contributed by atoms with Crippen molar-refractivity contribution in [2.45, 2.75) is 30.5 Å². The largest absolute Gasteiger partial charge is 0.405 e. The first kappa shape index (κ1) is 19.7. The molecular formula is C15H20F3N3O3S. The third kappa shape index (κ3) is 5.68. The minimum atomic E-state index is -4.51. The minimum absolute atomic E-state index is 0.0438. The second-order valence-electron chi connectivity index (χ2n) is 6.02. The molecule has 0 aliphatic carbocycles. The van der Waals surface area contributed by atoms with Gasteiger partial charge in [-0.25, -0.2) is 13.1 Å². The van der Waals surface area contributed by atoms with Crippen LogP contribution >= 0.6 is 0 Å². The maximum Gasteiger partial charge on any atom is 0.405 e. The van der Waals surface area contributed by atoms with Gasteiger partial charge >= 0.3 is 6.18 Å². The summed E-state index contributed by atoms with van der Waals surface area (Å²) in [7, 11) is -3.77. The molecule has 3 N–H and O–H groups in total. The van der Waals surface area contributed by atoms with Crippen molar-refractivity contribution in [2.75, 3.05) is 19.6 Å². The Balaban J connectivity index is 2.04. The Hall–Kier alpha value is -1.65. The van der Waals surface area contributed by atoms with E-state index in [1.54, 1.807) is 5.32 Å². The highest BCUT2D eigenvalue weighted by Crippen LogP contribution is 2.17. The molecule has 1 aromatic rings. The summed E-state index contributed by atoms with van der Waals surface area (Å²) in [6.45, 7) is 1.88. The van der Waals surface area contributed by atoms with Gasteiger partial charge in [0.1, 0.15) is 6.54 Å². The summed E-state index contributed by atoms with van der Waals surface area (Å²) < 4.78 is 63.7. The van der Waals surface area contributed by atoms with Gasteiger partial charge in [-0.05, 0) is 43.1 Å². The lowest BCUT2D eigenvalue weighted by Crippen LogP contribution is -2.50. The van der Waals surface area contributed by atoms with Crippen molar-refractivity contribution in [3.63, 3.8) is 0 Å². The fourth-order valence-electron chi connectivity index (χ4n) is 2.48. The molecule has 140 valence electrons. The number of alkyl halides is 3. The zero-order valence-corrected chi connectivity index (χ0v) is 14.4. The third-order valence-electron chi connectivity index (χ3n) is 4.01. The minimum Gasteiger partial charge on any atom is -0.343 e. The second-order valence-corrected chi connectivity index (χ2v) is 7.73. The molecule has 1 aliphatic heterocycles. The summed E-state index contributed by atoms with van der Waals surface area (Å²) in [5.74, 6) is -0.734. The first-order valence-corrected chi connectivity index (χ1v) is 9.25. The molecule has 10 heteroatoms. The van der Waals surface area contributed by atoms with Gasteiger partial charge in [-0.3, -0.25) is 4.79 Å². The number of halogens is 3. The number of hydrogen-bond donors (Lipinski definition) is 3. The number of amides is 1. The van der Waals surface area contributed by atoms with Crippen LogP contribution in [0.1, 0.15) is 23.7 Å². The van der Waals surface area contributed by atoms with E-state index in [2.05, 4.69) is 10.0 Å². The Morgan fingerprint density at radius 2 is 1.92 bits per heavy atom. The summed E-state index contributed by atoms with van der Waals surface area (Å²) in [6.07, 6.45) is -3.65. The topological polar surface area (TPSA) is 87.3 Å². The van der Waals surface area contributed by atoms with Crippen LogP contribution in [0.2, 0.25) is 0 Å². The molecule has 1 amide bonds. The lowest BCUT2D eigenvalue weighted by molar-refractivity contribution is -0.123. The summed E-state index contributed by atoms with van der Waals surface area (Å²) in [6, 6.07) is 4.52. The Morgan fingerprint density at radius 3 is 2.48 bits per heavy atom. The van der Waals surface area contributed by atoms with Crippen LogP contribution in [0.4, 0.5) is 13.2 Å². The van der Waals surface area contributed by atoms with E-state index >= 15 is 0 Å². The van der Waals surface area contributed by atoms with Crippen LogP contribution in [0.15, 0.2) is 29.2 Å². The summed E-state index contributed by atoms with van der Waals surface area (Å²) in [4.78, 5) is 11.6. The summed E-state index contributed by atoms with van der Waals surface area (Å²) in [5, 5.41) is 4.85. The normalized spacial score (nSPS) is 21.8. The lowest BCUT2D eigenvalue weighted by Gasteiger charge is -2.29. The van der Waals surface area contributed by atoms with Gasteiger partial charge in [-0.15, -0.1) is 0 Å². The van der Waals surface area contributed by atoms with E-state index in [9.17, 15) is 26.4 Å². The fraction of sp³-hybridized carbons (Fsp3) is 0.533. The molecule has 2 atom stereocenters. The van der Waals surface area contributed by atoms with Gasteiger partial charge in [-0.1, -0.05) is 6.92 Å². The van der Waals surface area contributed by atoms with Crippen LogP contribution < -0.4 is 15.4 Å². The Morgan fingerprint density at radius 1 is 1.28 bits per heavy atom. The highest BCUT2D eigenvalue weighted by atomic mass is 32.2. The van der Waals surface area contributed by atoms with Gasteiger partial charge in [-0.2, -0.15) is 13.2 Å². The number of sulfonamides is 1. The van der Waals surface area contributed by atoms with Gasteiger partial charge in [0.25, 0.3) is 5.91 Å². The third-order valence-corrected chi connectivity index (χ3v) is 5.52. The molecule has 6 nitrogen and oxygen atoms in total. The highest BCUT2D eigenvalue weighted by molar-refractivity contribution is 7.89. The predicted molar refractivity (Wildman–Crippen MR) is 85.6 cm³/mol. The molecule has 2 rings (SSSR count). The molecule has 1 fully saturated rings. The van der Waals surface area contributed by atoms with Crippen molar-refractivity contribution in [3.8, 4) is 0 Å². The van der Waals surface area contributed by atoms with E-state index in [-0.39, 0.29) is 22.4 Å². The van der Waals surface area contributed by atoms with Crippen molar-refractivity contribution in [3.05, 3.63) is 29.8 Å². The van der Waals surface area contributed by atoms with Gasteiger partial charge in [0.15, 0.2) is 0 Å². The Bertz CT molecular complexity index is 705. The molecule has 0 radical (unpaired) electrons. The molecule has 1 heterocycles. The second kappa shape index (κ2) is 7.71. The maximum absolute atomic E-state index is 12.4. The van der Waals surface area contributed by atoms with Crippen molar-refractivity contribution < 1.29 is 26.4 Å². The molecule has 2 unspecified atom stereocenters. The fourth-order valence-corrected chi connectivity index (χ4v) is 3.83. The number of rotatable bonds is 5. The zero-order valence-electron chi connectivity index (χ0n) is 13.6. The number of nitrogens with one attached hydrogen (secondary N) is 3. The number of benzene rings is 1. The van der Waals surface area contributed by atoms with Crippen molar-refractivity contribution >= 4 is 15.9 Å². The number of carbonyl (C=O) groups is 1. The van der Waals surface area contributed by atoms with Crippen LogP contribution in [-0.4, -0.2) is 46.2 Å². The van der Waals surface area contributed by atoms with E-state index in [4.69, 9.17) is 0 Å². The lowest BCUT2D eigenvalue weighted by atomic mass is 9.96. The van der Waals surface area contributed by atoms with Gasteiger partial charge in [0, 0.05) is 18.2 Å². The predicted octanol–water partition coefficient (Wildman–Crippen LogP) is 1.25. The molecule has 0 aromatic heterocycles. The first-order valence-electron chi connectivity index (χ1n) is 7.76. The quantitative estimate of drug-likeness (QED) is 0.719. The van der Waals surface area contributed by atoms with Crippen LogP contribution in [0.25, 0.3) is 0 Å². The molecule has 1 aromatic carbocycles. The molecular weight excluding hydrogens is 359 g/mol. The number of carbonyl (C=O) groups excluding carboxylic acids is 1. The molecule has 1 aliphatic rings. The van der Waals surface area contributed by atoms with Crippen LogP contribution in [0.3, 0.4) is 0 Å². The number of piperidine rings is 1. The van der Waals surface area contributed by atoms with E-state index in [0.717, 1.165) is 13.0 Å². The van der Waals surface area contributed by atoms with Gasteiger partial charge in [0.2, 0.25) is 10.0 Å². The van der Waals surface area contributed by atoms with Crippen molar-refractivity contribution in [1.82, 2.24) is 15.4 Å². The number of hydrogen-bond acceptors (Lipinski definition) is 4. The van der Waals surface area contributed by atoms with Crippen LogP contribution in [0.5, 0.6) is 0 Å². The monoisotopic (exact) mass is 379 g/mol. The molecule has 0 saturated carbocycles. The molecule has 0 bridgehead atoms. The average Bonchev–Trinajstić information content (AvgIpc) is 2.54. The van der Waals surface area contributed by atoms with E-state index in [0.29, 0.717) is 6.54 Å². The van der Waals surface area contributed by atoms with E-state index < -0.39 is 28.7 Å². The zero-order chi connectivity index (χ0) is 18.7. The Kier molecular flexibility index (Phi) is 6.07. The van der Waals surface area contributed by atoms with Gasteiger partial charge < -0.3 is 10.6 Å². The molecule has 1 saturated heterocycles. The van der Waals surface area contributed by atoms with Crippen molar-refractivity contribution in [1.29, 1.82) is 0 Å². The maximum atomic E-state index is 12.4. The SMILES string of the molecule is CC1CCNCC1NS(=O)(=O)c1ccc(C(=O)NCC(F)(F)F)cc1. The highest BCUT2D eigenvalue weighted by Gasteiger charge is 2.28. The van der Waals surface area contributed by atoms with Gasteiger partial charge in [0.05, 0.1) is 4.90 Å². The summed E-state index contributed by atoms with van der Waals surface area (Å²) in [5.41, 5.74) is -0.0455. The van der Waals surface area contributed by atoms with Crippen LogP contribution in [0, 0.1) is 5.92 Å². The smallest absolute Gasteiger partial charge is 0.343 e.